The molecule has 0 fully saturated rings. The number of carbonyl (C=O) groups excluding carboxylic acids is 1. The number of carbonyl (C=O) groups is 1. The molecule has 2 aromatic rings. The third-order valence-electron chi connectivity index (χ3n) is 3.16. The molecule has 2 rings (SSSR count). The van der Waals surface area contributed by atoms with Gasteiger partial charge >= 0.3 is 6.16 Å². The summed E-state index contributed by atoms with van der Waals surface area (Å²) in [6, 6.07) is 0. The Kier molecular flexibility index (Phi) is 6.10. The number of fused-ring (bicyclic) bond motifs is 1. The van der Waals surface area contributed by atoms with E-state index in [2.05, 4.69) is 19.7 Å². The van der Waals surface area contributed by atoms with Crippen LogP contribution in [0.1, 0.15) is 19.6 Å². The van der Waals surface area contributed by atoms with Gasteiger partial charge in [0, 0.05) is 13.5 Å². The van der Waals surface area contributed by atoms with Crippen LogP contribution >= 0.6 is 11.6 Å². The fourth-order valence-corrected chi connectivity index (χ4v) is 2.17. The van der Waals surface area contributed by atoms with Crippen LogP contribution in [0.3, 0.4) is 0 Å². The number of anilines is 1. The van der Waals surface area contributed by atoms with E-state index in [0.29, 0.717) is 0 Å². The summed E-state index contributed by atoms with van der Waals surface area (Å²) in [5.41, 5.74) is 6.09. The molecule has 0 saturated heterocycles. The number of nitrogens with two attached hydrogens (primary N) is 1. The van der Waals surface area contributed by atoms with Crippen molar-refractivity contribution in [1.29, 1.82) is 0 Å². The van der Waals surface area contributed by atoms with Gasteiger partial charge in [0.25, 0.3) is 0 Å². The summed E-state index contributed by atoms with van der Waals surface area (Å²) in [6.07, 6.45) is -1.93. The first-order valence-electron chi connectivity index (χ1n) is 7.08. The topological polar surface area (TPSA) is 114 Å². The van der Waals surface area contributed by atoms with Crippen molar-refractivity contribution >= 4 is 34.7 Å². The molecule has 0 aromatic carbocycles. The Morgan fingerprint density at radius 1 is 1.46 bits per heavy atom. The lowest BCUT2D eigenvalue weighted by Crippen LogP contribution is -2.24. The van der Waals surface area contributed by atoms with Gasteiger partial charge in [0.2, 0.25) is 5.28 Å². The van der Waals surface area contributed by atoms with Crippen molar-refractivity contribution in [3.8, 4) is 0 Å². The van der Waals surface area contributed by atoms with Crippen molar-refractivity contribution in [3.05, 3.63) is 11.6 Å². The van der Waals surface area contributed by atoms with E-state index in [1.165, 1.54) is 13.4 Å². The number of halogens is 2. The zero-order chi connectivity index (χ0) is 17.7. The Balaban J connectivity index is 2.08. The lowest BCUT2D eigenvalue weighted by molar-refractivity contribution is -0.0141. The number of hydrogen-bond donors (Lipinski definition) is 1. The molecule has 2 atom stereocenters. The van der Waals surface area contributed by atoms with Crippen LogP contribution in [0.4, 0.5) is 15.0 Å². The summed E-state index contributed by atoms with van der Waals surface area (Å²) in [7, 11) is 1.38. The Morgan fingerprint density at radius 3 is 2.88 bits per heavy atom. The van der Waals surface area contributed by atoms with E-state index in [1.54, 1.807) is 6.92 Å². The molecule has 0 radical (unpaired) electrons. The highest BCUT2D eigenvalue weighted by Gasteiger charge is 2.22. The van der Waals surface area contributed by atoms with E-state index < -0.39 is 18.6 Å². The average Bonchev–Trinajstić information content (AvgIpc) is 2.95. The molecule has 2 N–H and O–H groups in total. The van der Waals surface area contributed by atoms with E-state index in [4.69, 9.17) is 26.8 Å². The van der Waals surface area contributed by atoms with Crippen molar-refractivity contribution in [1.82, 2.24) is 19.5 Å². The number of nitrogens with zero attached hydrogens (tertiary/aromatic N) is 4. The molecule has 0 spiro atoms. The maximum Gasteiger partial charge on any atom is 0.508 e. The van der Waals surface area contributed by atoms with Crippen molar-refractivity contribution in [2.24, 2.45) is 0 Å². The van der Waals surface area contributed by atoms with Crippen LogP contribution in [0, 0.1) is 0 Å². The largest absolute Gasteiger partial charge is 0.508 e. The molecular weight excluding hydrogens is 345 g/mol. The number of hydrogen-bond acceptors (Lipinski definition) is 8. The summed E-state index contributed by atoms with van der Waals surface area (Å²) >= 11 is 5.74. The van der Waals surface area contributed by atoms with Crippen LogP contribution in [-0.2, 0) is 14.2 Å². The number of rotatable bonds is 7. The first kappa shape index (κ1) is 18.1. The first-order chi connectivity index (χ1) is 11.5. The first-order valence-corrected chi connectivity index (χ1v) is 7.46. The molecule has 0 aliphatic carbocycles. The van der Waals surface area contributed by atoms with Crippen molar-refractivity contribution in [3.63, 3.8) is 0 Å². The van der Waals surface area contributed by atoms with Gasteiger partial charge in [-0.15, -0.1) is 0 Å². The Labute approximate surface area is 141 Å². The maximum absolute atomic E-state index is 14.6. The summed E-state index contributed by atoms with van der Waals surface area (Å²) in [4.78, 5) is 22.8. The van der Waals surface area contributed by atoms with Crippen LogP contribution in [0.2, 0.25) is 5.28 Å². The Hall–Kier alpha value is -2.20. The van der Waals surface area contributed by atoms with Crippen LogP contribution in [0.5, 0.6) is 0 Å². The van der Waals surface area contributed by atoms with Crippen molar-refractivity contribution < 1.29 is 23.4 Å². The van der Waals surface area contributed by atoms with Gasteiger partial charge in [-0.05, 0) is 18.5 Å². The number of alkyl halides is 1. The van der Waals surface area contributed by atoms with Gasteiger partial charge in [0.15, 0.2) is 17.8 Å². The lowest BCUT2D eigenvalue weighted by Gasteiger charge is -2.18. The average molecular weight is 362 g/mol. The normalized spacial score (nSPS) is 13.7. The Bertz CT molecular complexity index is 713. The molecule has 0 saturated carbocycles. The number of aromatic nitrogens is 4. The highest BCUT2D eigenvalue weighted by Crippen LogP contribution is 2.25. The predicted molar refractivity (Wildman–Crippen MR) is 83.3 cm³/mol. The fourth-order valence-electron chi connectivity index (χ4n) is 2.00. The predicted octanol–water partition coefficient (Wildman–Crippen LogP) is 2.11. The van der Waals surface area contributed by atoms with Crippen LogP contribution in [0.15, 0.2) is 6.33 Å². The monoisotopic (exact) mass is 361 g/mol. The molecule has 24 heavy (non-hydrogen) atoms. The molecule has 0 aliphatic rings. The molecule has 9 nitrogen and oxygen atoms in total. The number of ether oxygens (including phenoxy) is 3. The molecular formula is C13H17ClFN5O4. The summed E-state index contributed by atoms with van der Waals surface area (Å²) in [5.74, 6) is 0.0601. The van der Waals surface area contributed by atoms with E-state index in [1.807, 2.05) is 0 Å². The highest BCUT2D eigenvalue weighted by molar-refractivity contribution is 6.28. The quantitative estimate of drug-likeness (QED) is 0.589. The van der Waals surface area contributed by atoms with Gasteiger partial charge in [-0.3, -0.25) is 4.57 Å². The van der Waals surface area contributed by atoms with E-state index in [0.717, 1.165) is 4.57 Å². The molecule has 0 aliphatic heterocycles. The van der Waals surface area contributed by atoms with Gasteiger partial charge in [-0.25, -0.2) is 14.2 Å². The zero-order valence-electron chi connectivity index (χ0n) is 13.1. The van der Waals surface area contributed by atoms with Gasteiger partial charge in [0.1, 0.15) is 12.1 Å². The van der Waals surface area contributed by atoms with Gasteiger partial charge in [-0.1, -0.05) is 0 Å². The number of nitrogen functional groups attached to an aromatic ring is 1. The minimum Gasteiger partial charge on any atom is -0.435 e. The van der Waals surface area contributed by atoms with Crippen molar-refractivity contribution in [2.75, 3.05) is 26.1 Å². The maximum atomic E-state index is 14.6. The Morgan fingerprint density at radius 2 is 2.21 bits per heavy atom. The highest BCUT2D eigenvalue weighted by atomic mass is 35.5. The van der Waals surface area contributed by atoms with Gasteiger partial charge in [0.05, 0.1) is 19.0 Å². The number of methoxy groups -OCH3 is 1. The minimum atomic E-state index is -1.55. The van der Waals surface area contributed by atoms with Crippen LogP contribution in [0.25, 0.3) is 11.2 Å². The smallest absolute Gasteiger partial charge is 0.435 e. The third-order valence-corrected chi connectivity index (χ3v) is 3.33. The van der Waals surface area contributed by atoms with Gasteiger partial charge < -0.3 is 19.9 Å². The van der Waals surface area contributed by atoms with Crippen molar-refractivity contribution in [2.45, 2.75) is 25.7 Å². The molecule has 2 aromatic heterocycles. The second-order valence-corrected chi connectivity index (χ2v) is 5.06. The molecule has 2 unspecified atom stereocenters. The van der Waals surface area contributed by atoms with Gasteiger partial charge in [-0.2, -0.15) is 9.97 Å². The van der Waals surface area contributed by atoms with Crippen LogP contribution < -0.4 is 5.73 Å². The second kappa shape index (κ2) is 8.06. The third kappa shape index (κ3) is 4.20. The van der Waals surface area contributed by atoms with E-state index >= 15 is 0 Å². The summed E-state index contributed by atoms with van der Waals surface area (Å²) in [6.45, 7) is 1.68. The molecule has 0 amide bonds. The molecule has 2 heterocycles. The molecule has 11 heteroatoms. The SMILES string of the molecule is CCOC(=O)OCC(CC(F)n1cnc2c(N)nc(Cl)nc21)OC. The zero-order valence-corrected chi connectivity index (χ0v) is 13.9. The minimum absolute atomic E-state index is 0.0601. The standard InChI is InChI=1S/C13H17ClFN5O4/c1-3-23-13(21)24-5-7(22-2)4-8(15)20-6-17-9-10(16)18-12(14)19-11(9)20/h6-8H,3-5H2,1-2H3,(H2,16,18,19). The van der Waals surface area contributed by atoms with Crippen LogP contribution in [-0.4, -0.2) is 52.1 Å². The molecule has 132 valence electrons. The summed E-state index contributed by atoms with van der Waals surface area (Å²) < 4.78 is 30.3. The van der Waals surface area contributed by atoms with E-state index in [-0.39, 0.29) is 41.9 Å². The fraction of sp³-hybridized carbons (Fsp3) is 0.538. The van der Waals surface area contributed by atoms with E-state index in [9.17, 15) is 9.18 Å². The molecule has 0 bridgehead atoms. The number of imidazole rings is 1. The lowest BCUT2D eigenvalue weighted by atomic mass is 10.2. The summed E-state index contributed by atoms with van der Waals surface area (Å²) in [5, 5.41) is -0.108. The second-order valence-electron chi connectivity index (χ2n) is 4.72.